The second-order valence-corrected chi connectivity index (χ2v) is 3.95. The summed E-state index contributed by atoms with van der Waals surface area (Å²) in [5.41, 5.74) is -0.969. The normalized spacial score (nSPS) is 19.4. The summed E-state index contributed by atoms with van der Waals surface area (Å²) in [5.74, 6) is 0.377. The van der Waals surface area contributed by atoms with Crippen molar-refractivity contribution in [2.24, 2.45) is 9.98 Å². The van der Waals surface area contributed by atoms with E-state index in [2.05, 4.69) is 26.8 Å². The predicted octanol–water partition coefficient (Wildman–Crippen LogP) is 1.11. The second kappa shape index (κ2) is 6.65. The van der Waals surface area contributed by atoms with Crippen LogP contribution in [0.2, 0.25) is 0 Å². The molecule has 1 aliphatic rings. The molecule has 0 radical (unpaired) electrons. The number of allylic oxidation sites excluding steroid dienone is 1. The van der Waals surface area contributed by atoms with Crippen molar-refractivity contribution in [3.8, 4) is 0 Å². The van der Waals surface area contributed by atoms with E-state index in [-0.39, 0.29) is 0 Å². The number of piperazine rings is 1. The molecular formula is C11H17F3N4. The van der Waals surface area contributed by atoms with Crippen LogP contribution in [-0.2, 0) is 0 Å². The van der Waals surface area contributed by atoms with Gasteiger partial charge >= 0.3 is 6.18 Å². The molecule has 0 aliphatic carbocycles. The third kappa shape index (κ3) is 4.97. The van der Waals surface area contributed by atoms with Crippen molar-refractivity contribution in [2.75, 3.05) is 39.8 Å². The van der Waals surface area contributed by atoms with Crippen molar-refractivity contribution in [1.29, 1.82) is 0 Å². The molecule has 0 saturated carbocycles. The van der Waals surface area contributed by atoms with Gasteiger partial charge in [0.15, 0.2) is 0 Å². The van der Waals surface area contributed by atoms with Crippen LogP contribution in [0.25, 0.3) is 0 Å². The molecule has 0 aromatic rings. The van der Waals surface area contributed by atoms with Gasteiger partial charge in [0.2, 0.25) is 0 Å². The van der Waals surface area contributed by atoms with E-state index in [9.17, 15) is 13.2 Å². The van der Waals surface area contributed by atoms with Crippen LogP contribution >= 0.6 is 0 Å². The van der Waals surface area contributed by atoms with Crippen LogP contribution in [0.5, 0.6) is 0 Å². The van der Waals surface area contributed by atoms with Crippen molar-refractivity contribution in [2.45, 2.75) is 6.18 Å². The number of nitrogens with zero attached hydrogens (tertiary/aromatic N) is 3. The number of nitrogens with one attached hydrogen (secondary N) is 1. The summed E-state index contributed by atoms with van der Waals surface area (Å²) in [7, 11) is 1.52. The average molecular weight is 262 g/mol. The lowest BCUT2D eigenvalue weighted by atomic mass is 10.3. The summed E-state index contributed by atoms with van der Waals surface area (Å²) in [4.78, 5) is 9.72. The highest BCUT2D eigenvalue weighted by atomic mass is 19.4. The zero-order valence-corrected chi connectivity index (χ0v) is 10.3. The van der Waals surface area contributed by atoms with Gasteiger partial charge in [0.05, 0.1) is 12.1 Å². The van der Waals surface area contributed by atoms with Crippen LogP contribution in [0.15, 0.2) is 22.1 Å². The predicted molar refractivity (Wildman–Crippen MR) is 66.4 cm³/mol. The molecule has 4 nitrogen and oxygen atoms in total. The van der Waals surface area contributed by atoms with Crippen LogP contribution in [0, 0.1) is 0 Å². The Kier molecular flexibility index (Phi) is 5.49. The molecule has 0 bridgehead atoms. The lowest BCUT2D eigenvalue weighted by Gasteiger charge is -2.26. The van der Waals surface area contributed by atoms with E-state index in [1.807, 2.05) is 0 Å². The zero-order chi connectivity index (χ0) is 13.6. The molecule has 1 heterocycles. The summed E-state index contributed by atoms with van der Waals surface area (Å²) in [6.07, 6.45) is -3.71. The van der Waals surface area contributed by atoms with Gasteiger partial charge in [-0.15, -0.1) is 0 Å². The number of hydrogen-bond acceptors (Lipinski definition) is 3. The number of amidine groups is 1. The first-order valence-electron chi connectivity index (χ1n) is 5.62. The number of rotatable bonds is 3. The molecule has 0 amide bonds. The first kappa shape index (κ1) is 14.8. The van der Waals surface area contributed by atoms with Crippen molar-refractivity contribution < 1.29 is 13.2 Å². The Morgan fingerprint density at radius 1 is 1.39 bits per heavy atom. The van der Waals surface area contributed by atoms with Crippen LogP contribution in [0.3, 0.4) is 0 Å². The summed E-state index contributed by atoms with van der Waals surface area (Å²) in [6, 6.07) is 0. The quantitative estimate of drug-likeness (QED) is 0.611. The second-order valence-electron chi connectivity index (χ2n) is 3.95. The molecule has 0 aromatic heterocycles. The standard InChI is InChI=1S/C11H17F3N4/c1-9(11(12,13)14)7-17-10(15-2)8-18-5-3-16-4-6-18/h7,16H,1,3-6,8H2,2H3/b15-10-,17-7-. The monoisotopic (exact) mass is 262 g/mol. The van der Waals surface area contributed by atoms with Crippen LogP contribution in [0.1, 0.15) is 0 Å². The van der Waals surface area contributed by atoms with Crippen molar-refractivity contribution >= 4 is 12.1 Å². The van der Waals surface area contributed by atoms with E-state index in [0.717, 1.165) is 32.4 Å². The highest BCUT2D eigenvalue weighted by molar-refractivity contribution is 5.95. The maximum atomic E-state index is 12.2. The van der Waals surface area contributed by atoms with Gasteiger partial charge in [0.1, 0.15) is 5.84 Å². The Morgan fingerprint density at radius 2 is 2.00 bits per heavy atom. The van der Waals surface area contributed by atoms with Gasteiger partial charge in [-0.3, -0.25) is 9.89 Å². The van der Waals surface area contributed by atoms with E-state index in [0.29, 0.717) is 12.4 Å². The summed E-state index contributed by atoms with van der Waals surface area (Å²) >= 11 is 0. The first-order chi connectivity index (χ1) is 8.43. The van der Waals surface area contributed by atoms with Crippen LogP contribution in [0.4, 0.5) is 13.2 Å². The molecule has 1 rings (SSSR count). The van der Waals surface area contributed by atoms with E-state index >= 15 is 0 Å². The highest BCUT2D eigenvalue weighted by Crippen LogP contribution is 2.22. The Labute approximate surface area is 104 Å². The molecule has 18 heavy (non-hydrogen) atoms. The molecule has 1 saturated heterocycles. The first-order valence-corrected chi connectivity index (χ1v) is 5.62. The number of aliphatic imine (C=N–C) groups is 2. The van der Waals surface area contributed by atoms with Crippen LogP contribution in [-0.4, -0.2) is 62.9 Å². The molecule has 7 heteroatoms. The Hall–Kier alpha value is -1.21. The largest absolute Gasteiger partial charge is 0.417 e. The van der Waals surface area contributed by atoms with E-state index in [4.69, 9.17) is 0 Å². The minimum absolute atomic E-state index is 0.377. The van der Waals surface area contributed by atoms with Crippen molar-refractivity contribution in [1.82, 2.24) is 10.2 Å². The van der Waals surface area contributed by atoms with Crippen molar-refractivity contribution in [3.05, 3.63) is 12.2 Å². The third-order valence-electron chi connectivity index (χ3n) is 2.57. The van der Waals surface area contributed by atoms with Crippen LogP contribution < -0.4 is 5.32 Å². The minimum Gasteiger partial charge on any atom is -0.314 e. The number of hydrogen-bond donors (Lipinski definition) is 1. The number of halogens is 3. The Balaban J connectivity index is 2.52. The summed E-state index contributed by atoms with van der Waals surface area (Å²) < 4.78 is 36.6. The molecule has 0 unspecified atom stereocenters. The molecule has 1 N–H and O–H groups in total. The fraction of sp³-hybridized carbons (Fsp3) is 0.636. The Morgan fingerprint density at radius 3 is 2.50 bits per heavy atom. The average Bonchev–Trinajstić information content (AvgIpc) is 2.34. The maximum Gasteiger partial charge on any atom is 0.417 e. The van der Waals surface area contributed by atoms with Crippen molar-refractivity contribution in [3.63, 3.8) is 0 Å². The topological polar surface area (TPSA) is 40.0 Å². The smallest absolute Gasteiger partial charge is 0.314 e. The lowest BCUT2D eigenvalue weighted by molar-refractivity contribution is -0.0852. The van der Waals surface area contributed by atoms with Gasteiger partial charge in [0, 0.05) is 39.4 Å². The van der Waals surface area contributed by atoms with Gasteiger partial charge in [0.25, 0.3) is 0 Å². The fourth-order valence-corrected chi connectivity index (χ4v) is 1.46. The van der Waals surface area contributed by atoms with Gasteiger partial charge in [-0.25, -0.2) is 4.99 Å². The van der Waals surface area contributed by atoms with Gasteiger partial charge < -0.3 is 5.32 Å². The molecule has 0 spiro atoms. The maximum absolute atomic E-state index is 12.2. The zero-order valence-electron chi connectivity index (χ0n) is 10.3. The third-order valence-corrected chi connectivity index (χ3v) is 2.57. The lowest BCUT2D eigenvalue weighted by Crippen LogP contribution is -2.45. The summed E-state index contributed by atoms with van der Waals surface area (Å²) in [6.45, 7) is 6.81. The molecule has 102 valence electrons. The van der Waals surface area contributed by atoms with E-state index in [1.54, 1.807) is 0 Å². The fourth-order valence-electron chi connectivity index (χ4n) is 1.46. The SMILES string of the molecule is C=C(/C=N\C(CN1CCNCC1)=N/C)C(F)(F)F. The van der Waals surface area contributed by atoms with Gasteiger partial charge in [-0.2, -0.15) is 13.2 Å². The van der Waals surface area contributed by atoms with E-state index < -0.39 is 11.7 Å². The highest BCUT2D eigenvalue weighted by Gasteiger charge is 2.30. The van der Waals surface area contributed by atoms with Gasteiger partial charge in [-0.05, 0) is 0 Å². The van der Waals surface area contributed by atoms with E-state index in [1.165, 1.54) is 7.05 Å². The molecule has 1 aliphatic heterocycles. The molecule has 0 aromatic carbocycles. The Bertz CT molecular complexity index is 341. The molecular weight excluding hydrogens is 245 g/mol. The minimum atomic E-state index is -4.43. The summed E-state index contributed by atoms with van der Waals surface area (Å²) in [5, 5.41) is 3.19. The van der Waals surface area contributed by atoms with Gasteiger partial charge in [-0.1, -0.05) is 6.58 Å². The molecule has 0 atom stereocenters. The number of alkyl halides is 3. The molecule has 1 fully saturated rings.